The summed E-state index contributed by atoms with van der Waals surface area (Å²) in [6, 6.07) is 6.53. The lowest BCUT2D eigenvalue weighted by Crippen LogP contribution is -2.45. The molecule has 1 aliphatic heterocycles. The van der Waals surface area contributed by atoms with Crippen molar-refractivity contribution >= 4 is 5.91 Å². The van der Waals surface area contributed by atoms with Gasteiger partial charge in [-0.3, -0.25) is 9.69 Å². The number of rotatable bonds is 5. The zero-order valence-corrected chi connectivity index (χ0v) is 15.1. The predicted octanol–water partition coefficient (Wildman–Crippen LogP) is 3.01. The van der Waals surface area contributed by atoms with Gasteiger partial charge in [0, 0.05) is 26.2 Å². The van der Waals surface area contributed by atoms with Gasteiger partial charge in [0.25, 0.3) is 0 Å². The SMILES string of the molecule is Cc1ccc(OC2CCN(CC(=O)N(C)C(C)C)CC2)cc1C. The summed E-state index contributed by atoms with van der Waals surface area (Å²) in [6.07, 6.45) is 2.21. The second-order valence-electron chi connectivity index (χ2n) is 6.94. The van der Waals surface area contributed by atoms with Gasteiger partial charge in [-0.2, -0.15) is 0 Å². The maximum absolute atomic E-state index is 12.1. The minimum atomic E-state index is 0.202. The molecule has 128 valence electrons. The second kappa shape index (κ2) is 7.82. The highest BCUT2D eigenvalue weighted by atomic mass is 16.5. The second-order valence-corrected chi connectivity index (χ2v) is 6.94. The molecule has 0 saturated carbocycles. The van der Waals surface area contributed by atoms with Crippen molar-refractivity contribution in [3.63, 3.8) is 0 Å². The standard InChI is InChI=1S/C19H30N2O2/c1-14(2)20(5)19(22)13-21-10-8-17(9-11-21)23-18-7-6-15(3)16(4)12-18/h6-7,12,14,17H,8-11,13H2,1-5H3. The summed E-state index contributed by atoms with van der Waals surface area (Å²) in [5, 5.41) is 0. The van der Waals surface area contributed by atoms with E-state index in [2.05, 4.69) is 36.9 Å². The van der Waals surface area contributed by atoms with E-state index in [0.29, 0.717) is 6.54 Å². The Hall–Kier alpha value is -1.55. The maximum Gasteiger partial charge on any atom is 0.236 e. The summed E-state index contributed by atoms with van der Waals surface area (Å²) in [4.78, 5) is 16.2. The number of amides is 1. The molecule has 1 aliphatic rings. The summed E-state index contributed by atoms with van der Waals surface area (Å²) in [5.74, 6) is 1.16. The summed E-state index contributed by atoms with van der Waals surface area (Å²) >= 11 is 0. The first-order valence-corrected chi connectivity index (χ1v) is 8.58. The van der Waals surface area contributed by atoms with Crippen molar-refractivity contribution in [2.24, 2.45) is 0 Å². The van der Waals surface area contributed by atoms with Crippen molar-refractivity contribution in [3.8, 4) is 5.75 Å². The van der Waals surface area contributed by atoms with Crippen molar-refractivity contribution < 1.29 is 9.53 Å². The highest BCUT2D eigenvalue weighted by molar-refractivity contribution is 5.78. The molecule has 1 saturated heterocycles. The van der Waals surface area contributed by atoms with Crippen LogP contribution in [0.15, 0.2) is 18.2 Å². The van der Waals surface area contributed by atoms with Crippen molar-refractivity contribution in [2.45, 2.75) is 52.7 Å². The number of carbonyl (C=O) groups excluding carboxylic acids is 1. The Kier molecular flexibility index (Phi) is 6.05. The van der Waals surface area contributed by atoms with Crippen LogP contribution in [0.3, 0.4) is 0 Å². The zero-order valence-electron chi connectivity index (χ0n) is 15.1. The molecule has 0 unspecified atom stereocenters. The number of carbonyl (C=O) groups is 1. The average molecular weight is 318 g/mol. The number of likely N-dealkylation sites (tertiary alicyclic amines) is 1. The van der Waals surface area contributed by atoms with Crippen LogP contribution in [-0.4, -0.2) is 54.5 Å². The molecule has 1 aromatic carbocycles. The lowest BCUT2D eigenvalue weighted by atomic mass is 10.1. The van der Waals surface area contributed by atoms with Crippen LogP contribution in [0.4, 0.5) is 0 Å². The van der Waals surface area contributed by atoms with Crippen molar-refractivity contribution in [2.75, 3.05) is 26.7 Å². The number of aryl methyl sites for hydroxylation is 2. The van der Waals surface area contributed by atoms with E-state index < -0.39 is 0 Å². The molecule has 0 spiro atoms. The molecular formula is C19H30N2O2. The van der Waals surface area contributed by atoms with Crippen LogP contribution in [0, 0.1) is 13.8 Å². The first-order valence-electron chi connectivity index (χ1n) is 8.58. The minimum Gasteiger partial charge on any atom is -0.490 e. The molecule has 0 atom stereocenters. The molecule has 4 heteroatoms. The Bertz CT molecular complexity index is 534. The van der Waals surface area contributed by atoms with Gasteiger partial charge in [-0.1, -0.05) is 6.07 Å². The van der Waals surface area contributed by atoms with Gasteiger partial charge in [-0.25, -0.2) is 0 Å². The maximum atomic E-state index is 12.1. The van der Waals surface area contributed by atoms with Gasteiger partial charge >= 0.3 is 0 Å². The number of likely N-dealkylation sites (N-methyl/N-ethyl adjacent to an activating group) is 1. The number of hydrogen-bond donors (Lipinski definition) is 0. The van der Waals surface area contributed by atoms with E-state index in [1.165, 1.54) is 11.1 Å². The fourth-order valence-corrected chi connectivity index (χ4v) is 2.76. The molecular weight excluding hydrogens is 288 g/mol. The topological polar surface area (TPSA) is 32.8 Å². The monoisotopic (exact) mass is 318 g/mol. The Labute approximate surface area is 140 Å². The summed E-state index contributed by atoms with van der Waals surface area (Å²) < 4.78 is 6.11. The van der Waals surface area contributed by atoms with Gasteiger partial charge < -0.3 is 9.64 Å². The van der Waals surface area contributed by atoms with E-state index in [1.807, 2.05) is 25.8 Å². The molecule has 1 amide bonds. The van der Waals surface area contributed by atoms with Crippen molar-refractivity contribution in [1.82, 2.24) is 9.80 Å². The van der Waals surface area contributed by atoms with Gasteiger partial charge in [-0.15, -0.1) is 0 Å². The quantitative estimate of drug-likeness (QED) is 0.836. The van der Waals surface area contributed by atoms with Gasteiger partial charge in [-0.05, 0) is 63.8 Å². The van der Waals surface area contributed by atoms with E-state index >= 15 is 0 Å². The van der Waals surface area contributed by atoms with Crippen LogP contribution in [0.5, 0.6) is 5.75 Å². The predicted molar refractivity (Wildman–Crippen MR) is 93.9 cm³/mol. The Morgan fingerprint density at radius 1 is 1.26 bits per heavy atom. The van der Waals surface area contributed by atoms with Gasteiger partial charge in [0.2, 0.25) is 5.91 Å². The highest BCUT2D eigenvalue weighted by Crippen LogP contribution is 2.21. The molecule has 0 N–H and O–H groups in total. The molecule has 1 heterocycles. The van der Waals surface area contributed by atoms with Gasteiger partial charge in [0.1, 0.15) is 11.9 Å². The Morgan fingerprint density at radius 3 is 2.48 bits per heavy atom. The zero-order chi connectivity index (χ0) is 17.0. The van der Waals surface area contributed by atoms with E-state index in [9.17, 15) is 4.79 Å². The van der Waals surface area contributed by atoms with Crippen LogP contribution >= 0.6 is 0 Å². The van der Waals surface area contributed by atoms with E-state index in [4.69, 9.17) is 4.74 Å². The van der Waals surface area contributed by atoms with Crippen LogP contribution in [0.1, 0.15) is 37.8 Å². The van der Waals surface area contributed by atoms with E-state index in [-0.39, 0.29) is 18.1 Å². The first kappa shape index (κ1) is 17.8. The van der Waals surface area contributed by atoms with Gasteiger partial charge in [0.15, 0.2) is 0 Å². The molecule has 1 aromatic rings. The summed E-state index contributed by atoms with van der Waals surface area (Å²) in [5.41, 5.74) is 2.56. The van der Waals surface area contributed by atoms with E-state index in [1.54, 1.807) is 0 Å². The van der Waals surface area contributed by atoms with Crippen molar-refractivity contribution in [1.29, 1.82) is 0 Å². The number of nitrogens with zero attached hydrogens (tertiary/aromatic N) is 2. The lowest BCUT2D eigenvalue weighted by molar-refractivity contribution is -0.133. The van der Waals surface area contributed by atoms with E-state index in [0.717, 1.165) is 31.7 Å². The highest BCUT2D eigenvalue weighted by Gasteiger charge is 2.23. The first-order chi connectivity index (χ1) is 10.9. The Morgan fingerprint density at radius 2 is 1.91 bits per heavy atom. The van der Waals surface area contributed by atoms with Gasteiger partial charge in [0.05, 0.1) is 6.54 Å². The third-order valence-corrected chi connectivity index (χ3v) is 4.84. The largest absolute Gasteiger partial charge is 0.490 e. The number of ether oxygens (including phenoxy) is 1. The average Bonchev–Trinajstić information content (AvgIpc) is 2.52. The summed E-state index contributed by atoms with van der Waals surface area (Å²) in [7, 11) is 1.88. The summed E-state index contributed by atoms with van der Waals surface area (Å²) in [6.45, 7) is 10.7. The normalized spacial score (nSPS) is 16.6. The van der Waals surface area contributed by atoms with Crippen LogP contribution < -0.4 is 4.74 Å². The Balaban J connectivity index is 1.79. The smallest absolute Gasteiger partial charge is 0.236 e. The fourth-order valence-electron chi connectivity index (χ4n) is 2.76. The lowest BCUT2D eigenvalue weighted by Gasteiger charge is -2.33. The molecule has 2 rings (SSSR count). The molecule has 4 nitrogen and oxygen atoms in total. The van der Waals surface area contributed by atoms with Crippen LogP contribution in [-0.2, 0) is 4.79 Å². The molecule has 0 aliphatic carbocycles. The molecule has 0 aromatic heterocycles. The third-order valence-electron chi connectivity index (χ3n) is 4.84. The van der Waals surface area contributed by atoms with Crippen LogP contribution in [0.2, 0.25) is 0 Å². The fraction of sp³-hybridized carbons (Fsp3) is 0.632. The third kappa shape index (κ3) is 4.96. The van der Waals surface area contributed by atoms with Crippen molar-refractivity contribution in [3.05, 3.63) is 29.3 Å². The minimum absolute atomic E-state index is 0.202. The number of benzene rings is 1. The molecule has 0 bridgehead atoms. The van der Waals surface area contributed by atoms with Crippen LogP contribution in [0.25, 0.3) is 0 Å². The number of hydrogen-bond acceptors (Lipinski definition) is 3. The molecule has 23 heavy (non-hydrogen) atoms. The number of piperidine rings is 1. The molecule has 1 fully saturated rings. The molecule has 0 radical (unpaired) electrons.